The predicted molar refractivity (Wildman–Crippen MR) is 102 cm³/mol. The fourth-order valence-corrected chi connectivity index (χ4v) is 3.82. The molecule has 9 heteroatoms. The first-order valence-electron chi connectivity index (χ1n) is 9.55. The van der Waals surface area contributed by atoms with Crippen molar-refractivity contribution < 1.29 is 23.2 Å². The van der Waals surface area contributed by atoms with Crippen LogP contribution < -0.4 is 5.56 Å². The number of carbonyl (C=O) groups excluding carboxylic acids is 1. The average Bonchev–Trinajstić information content (AvgIpc) is 3.37. The second-order valence-electron chi connectivity index (χ2n) is 7.21. The van der Waals surface area contributed by atoms with Crippen molar-refractivity contribution >= 4 is 5.78 Å². The number of carbonyl (C=O) groups is 1. The minimum absolute atomic E-state index is 0.0293. The summed E-state index contributed by atoms with van der Waals surface area (Å²) >= 11 is 0. The van der Waals surface area contributed by atoms with E-state index in [1.807, 2.05) is 12.1 Å². The van der Waals surface area contributed by atoms with E-state index in [0.29, 0.717) is 17.5 Å². The SMILES string of the molecule is O=C(C[C@@H]1CCc2cc(-c3noc(C(F)F)n3)ccc21)c1ccc(=O)n(CCO)c1. The minimum Gasteiger partial charge on any atom is -0.395 e. The van der Waals surface area contributed by atoms with Crippen molar-refractivity contribution in [2.45, 2.75) is 38.2 Å². The van der Waals surface area contributed by atoms with Crippen LogP contribution in [0, 0.1) is 0 Å². The number of aliphatic hydroxyl groups excluding tert-OH is 1. The van der Waals surface area contributed by atoms with Crippen molar-refractivity contribution in [3.63, 3.8) is 0 Å². The second kappa shape index (κ2) is 8.27. The van der Waals surface area contributed by atoms with Gasteiger partial charge in [0, 0.05) is 36.4 Å². The van der Waals surface area contributed by atoms with Crippen LogP contribution in [0.1, 0.15) is 52.6 Å². The molecule has 1 N–H and O–H groups in total. The maximum Gasteiger partial charge on any atom is 0.315 e. The fourth-order valence-electron chi connectivity index (χ4n) is 3.82. The number of aromatic nitrogens is 3. The van der Waals surface area contributed by atoms with Crippen LogP contribution in [0.25, 0.3) is 11.4 Å². The fraction of sp³-hybridized carbons (Fsp3) is 0.333. The lowest BCUT2D eigenvalue weighted by Gasteiger charge is -2.12. The Morgan fingerprint density at radius 2 is 2.13 bits per heavy atom. The molecule has 1 aliphatic rings. The van der Waals surface area contributed by atoms with Crippen LogP contribution >= 0.6 is 0 Å². The molecule has 2 aromatic heterocycles. The summed E-state index contributed by atoms with van der Waals surface area (Å²) < 4.78 is 31.2. The smallest absolute Gasteiger partial charge is 0.315 e. The number of hydrogen-bond acceptors (Lipinski definition) is 6. The molecule has 0 spiro atoms. The summed E-state index contributed by atoms with van der Waals surface area (Å²) in [4.78, 5) is 28.2. The minimum atomic E-state index is -2.82. The van der Waals surface area contributed by atoms with Gasteiger partial charge in [0.2, 0.25) is 5.82 Å². The highest BCUT2D eigenvalue weighted by Crippen LogP contribution is 2.38. The summed E-state index contributed by atoms with van der Waals surface area (Å²) in [5, 5.41) is 12.7. The maximum atomic E-state index is 12.8. The molecule has 0 radical (unpaired) electrons. The molecule has 0 saturated heterocycles. The monoisotopic (exact) mass is 415 g/mol. The molecule has 1 aliphatic carbocycles. The van der Waals surface area contributed by atoms with Gasteiger partial charge in [-0.3, -0.25) is 9.59 Å². The third-order valence-electron chi connectivity index (χ3n) is 5.31. The van der Waals surface area contributed by atoms with Crippen molar-refractivity contribution in [1.82, 2.24) is 14.7 Å². The Bertz CT molecular complexity index is 1140. The molecular weight excluding hydrogens is 396 g/mol. The van der Waals surface area contributed by atoms with Crippen LogP contribution in [-0.2, 0) is 13.0 Å². The molecule has 4 rings (SSSR count). The van der Waals surface area contributed by atoms with Gasteiger partial charge in [0.15, 0.2) is 5.78 Å². The van der Waals surface area contributed by atoms with Gasteiger partial charge in [-0.05, 0) is 42.0 Å². The Morgan fingerprint density at radius 1 is 1.30 bits per heavy atom. The number of nitrogens with zero attached hydrogens (tertiary/aromatic N) is 3. The van der Waals surface area contributed by atoms with Crippen molar-refractivity contribution in [3.8, 4) is 11.4 Å². The van der Waals surface area contributed by atoms with E-state index in [-0.39, 0.29) is 36.2 Å². The zero-order chi connectivity index (χ0) is 21.3. The molecule has 3 aromatic rings. The lowest BCUT2D eigenvalue weighted by atomic mass is 9.93. The first-order chi connectivity index (χ1) is 14.5. The van der Waals surface area contributed by atoms with E-state index in [1.165, 1.54) is 22.9 Å². The summed E-state index contributed by atoms with van der Waals surface area (Å²) in [6, 6.07) is 8.30. The van der Waals surface area contributed by atoms with E-state index >= 15 is 0 Å². The van der Waals surface area contributed by atoms with E-state index < -0.39 is 12.3 Å². The number of benzene rings is 1. The Balaban J connectivity index is 1.51. The van der Waals surface area contributed by atoms with Gasteiger partial charge in [-0.15, -0.1) is 0 Å². The van der Waals surface area contributed by atoms with Gasteiger partial charge < -0.3 is 14.2 Å². The van der Waals surface area contributed by atoms with Crippen LogP contribution in [0.3, 0.4) is 0 Å². The standard InChI is InChI=1S/C21H19F2N3O4/c22-19(23)21-24-20(25-30-21)14-3-5-16-12(9-14)1-2-13(16)10-17(28)15-4-6-18(29)26(11-15)7-8-27/h3-6,9,11,13,19,27H,1-2,7-8,10H2/t13-/m0/s1. The molecule has 0 aliphatic heterocycles. The van der Waals surface area contributed by atoms with Gasteiger partial charge in [0.05, 0.1) is 6.61 Å². The summed E-state index contributed by atoms with van der Waals surface area (Å²) in [7, 11) is 0. The second-order valence-corrected chi connectivity index (χ2v) is 7.21. The lowest BCUT2D eigenvalue weighted by molar-refractivity contribution is 0.0972. The molecule has 0 fully saturated rings. The number of hydrogen-bond donors (Lipinski definition) is 1. The van der Waals surface area contributed by atoms with Gasteiger partial charge in [-0.1, -0.05) is 17.3 Å². The van der Waals surface area contributed by atoms with Gasteiger partial charge in [-0.25, -0.2) is 0 Å². The van der Waals surface area contributed by atoms with Crippen molar-refractivity contribution in [2.75, 3.05) is 6.61 Å². The molecule has 2 heterocycles. The van der Waals surface area contributed by atoms with E-state index in [0.717, 1.165) is 24.0 Å². The normalized spacial score (nSPS) is 15.5. The molecule has 0 amide bonds. The first kappa shape index (κ1) is 20.1. The number of aliphatic hydroxyl groups is 1. The Kier molecular flexibility index (Phi) is 5.54. The number of aryl methyl sites for hydroxylation is 1. The number of halogens is 2. The number of rotatable bonds is 7. The zero-order valence-corrected chi connectivity index (χ0v) is 15.9. The zero-order valence-electron chi connectivity index (χ0n) is 15.9. The average molecular weight is 415 g/mol. The van der Waals surface area contributed by atoms with Gasteiger partial charge in [-0.2, -0.15) is 13.8 Å². The van der Waals surface area contributed by atoms with Crippen LogP contribution in [0.15, 0.2) is 45.8 Å². The summed E-state index contributed by atoms with van der Waals surface area (Å²) in [6.45, 7) is -0.0482. The molecule has 156 valence electrons. The molecule has 7 nitrogen and oxygen atoms in total. The van der Waals surface area contributed by atoms with E-state index in [4.69, 9.17) is 5.11 Å². The van der Waals surface area contributed by atoms with Crippen LogP contribution in [0.4, 0.5) is 8.78 Å². The number of alkyl halides is 2. The molecule has 0 saturated carbocycles. The van der Waals surface area contributed by atoms with Crippen LogP contribution in [0.2, 0.25) is 0 Å². The highest BCUT2D eigenvalue weighted by atomic mass is 19.3. The van der Waals surface area contributed by atoms with Crippen LogP contribution in [-0.4, -0.2) is 32.2 Å². The predicted octanol–water partition coefficient (Wildman–Crippen LogP) is 3.13. The third kappa shape index (κ3) is 3.93. The van der Waals surface area contributed by atoms with Crippen molar-refractivity contribution in [1.29, 1.82) is 0 Å². The molecule has 1 atom stereocenters. The van der Waals surface area contributed by atoms with E-state index in [1.54, 1.807) is 6.07 Å². The first-order valence-corrected chi connectivity index (χ1v) is 9.55. The van der Waals surface area contributed by atoms with E-state index in [9.17, 15) is 18.4 Å². The van der Waals surface area contributed by atoms with Gasteiger partial charge in [0.25, 0.3) is 11.4 Å². The lowest BCUT2D eigenvalue weighted by Crippen LogP contribution is -2.22. The topological polar surface area (TPSA) is 98.2 Å². The van der Waals surface area contributed by atoms with Crippen LogP contribution in [0.5, 0.6) is 0 Å². The Hall–Kier alpha value is -3.20. The Morgan fingerprint density at radius 3 is 2.87 bits per heavy atom. The third-order valence-corrected chi connectivity index (χ3v) is 5.31. The highest BCUT2D eigenvalue weighted by molar-refractivity contribution is 5.96. The number of ketones is 1. The van der Waals surface area contributed by atoms with E-state index in [2.05, 4.69) is 14.7 Å². The summed E-state index contributed by atoms with van der Waals surface area (Å²) in [5.41, 5.74) is 2.81. The van der Waals surface area contributed by atoms with Gasteiger partial charge in [0.1, 0.15) is 0 Å². The number of fused-ring (bicyclic) bond motifs is 1. The summed E-state index contributed by atoms with van der Waals surface area (Å²) in [6.07, 6.45) is 0.501. The highest BCUT2D eigenvalue weighted by Gasteiger charge is 2.26. The van der Waals surface area contributed by atoms with Gasteiger partial charge >= 0.3 is 6.43 Å². The number of Topliss-reactive ketones (excluding diaryl/α,β-unsaturated/α-hetero) is 1. The van der Waals surface area contributed by atoms with Crippen molar-refractivity contribution in [2.24, 2.45) is 0 Å². The largest absolute Gasteiger partial charge is 0.395 e. The number of pyridine rings is 1. The quantitative estimate of drug-likeness (QED) is 0.596. The Labute approximate surface area is 170 Å². The van der Waals surface area contributed by atoms with Crippen molar-refractivity contribution in [3.05, 3.63) is 69.5 Å². The maximum absolute atomic E-state index is 12.8. The molecule has 1 aromatic carbocycles. The molecule has 0 unspecified atom stereocenters. The molecule has 30 heavy (non-hydrogen) atoms. The molecule has 0 bridgehead atoms. The summed E-state index contributed by atoms with van der Waals surface area (Å²) in [5.74, 6) is -0.653. The molecular formula is C21H19F2N3O4.